The third-order valence-electron chi connectivity index (χ3n) is 11.0. The zero-order valence-corrected chi connectivity index (χ0v) is 38.4. The summed E-state index contributed by atoms with van der Waals surface area (Å²) in [6.07, 6.45) is 32.2. The zero-order valence-electron chi connectivity index (χ0n) is 37.6. The molecule has 1 saturated heterocycles. The van der Waals surface area contributed by atoms with Gasteiger partial charge in [-0.1, -0.05) is 154 Å². The topological polar surface area (TPSA) is 186 Å². The van der Waals surface area contributed by atoms with Crippen LogP contribution in [0.1, 0.15) is 206 Å². The maximum atomic E-state index is 12.8. The Bertz CT molecular complexity index is 1210. The van der Waals surface area contributed by atoms with Gasteiger partial charge in [-0.25, -0.2) is 0 Å². The SMILES string of the molecule is CCCCCC/C=C/CCCCCCCC(=O)O[C@H](COC(=O)CCCCCCCCCCC/C=C/CCCCCCCC)CO[C@H]1O[C@H](CS(=O)(=O)O)[C@@H](O)C(O)C1O. The van der Waals surface area contributed by atoms with E-state index in [1.165, 1.54) is 109 Å². The highest BCUT2D eigenvalue weighted by Gasteiger charge is 2.46. The second-order valence-electron chi connectivity index (χ2n) is 16.8. The number of carbonyl (C=O) groups excluding carboxylic acids is 2. The van der Waals surface area contributed by atoms with Crippen LogP contribution in [0, 0.1) is 0 Å². The largest absolute Gasteiger partial charge is 0.462 e. The molecule has 0 amide bonds. The van der Waals surface area contributed by atoms with Gasteiger partial charge in [-0.3, -0.25) is 14.1 Å². The molecule has 1 aliphatic heterocycles. The lowest BCUT2D eigenvalue weighted by molar-refractivity contribution is -0.297. The molecular weight excluding hydrogens is 789 g/mol. The van der Waals surface area contributed by atoms with Gasteiger partial charge in [0.05, 0.1) is 6.61 Å². The first kappa shape index (κ1) is 56.1. The summed E-state index contributed by atoms with van der Waals surface area (Å²) in [4.78, 5) is 25.4. The monoisotopic (exact) mass is 875 g/mol. The molecule has 352 valence electrons. The van der Waals surface area contributed by atoms with Crippen molar-refractivity contribution in [1.82, 2.24) is 0 Å². The predicted octanol–water partition coefficient (Wildman–Crippen LogP) is 10.0. The van der Waals surface area contributed by atoms with Crippen molar-refractivity contribution in [2.24, 2.45) is 0 Å². The maximum absolute atomic E-state index is 12.8. The molecule has 0 spiro atoms. The smallest absolute Gasteiger partial charge is 0.306 e. The summed E-state index contributed by atoms with van der Waals surface area (Å²) in [5.41, 5.74) is 0. The van der Waals surface area contributed by atoms with Crippen LogP contribution in [0.4, 0.5) is 0 Å². The van der Waals surface area contributed by atoms with Crippen LogP contribution in [-0.4, -0.2) is 96.0 Å². The van der Waals surface area contributed by atoms with Crippen molar-refractivity contribution in [1.29, 1.82) is 0 Å². The summed E-state index contributed by atoms with van der Waals surface area (Å²) in [6, 6.07) is 0. The number of esters is 2. The Labute approximate surface area is 364 Å². The summed E-state index contributed by atoms with van der Waals surface area (Å²) in [6.45, 7) is 3.74. The second-order valence-corrected chi connectivity index (χ2v) is 18.3. The number of unbranched alkanes of at least 4 members (excludes halogenated alkanes) is 24. The molecule has 0 radical (unpaired) electrons. The van der Waals surface area contributed by atoms with E-state index in [0.717, 1.165) is 57.8 Å². The van der Waals surface area contributed by atoms with Crippen LogP contribution >= 0.6 is 0 Å². The molecular formula is C47H86O12S. The fourth-order valence-electron chi connectivity index (χ4n) is 7.25. The molecule has 1 heterocycles. The molecule has 1 fully saturated rings. The van der Waals surface area contributed by atoms with E-state index in [-0.39, 0.29) is 19.4 Å². The van der Waals surface area contributed by atoms with E-state index in [4.69, 9.17) is 18.9 Å². The highest BCUT2D eigenvalue weighted by atomic mass is 32.2. The summed E-state index contributed by atoms with van der Waals surface area (Å²) >= 11 is 0. The Morgan fingerprint density at radius 2 is 0.950 bits per heavy atom. The molecule has 1 rings (SSSR count). The highest BCUT2D eigenvalue weighted by Crippen LogP contribution is 2.24. The van der Waals surface area contributed by atoms with Crippen molar-refractivity contribution in [2.75, 3.05) is 19.0 Å². The highest BCUT2D eigenvalue weighted by molar-refractivity contribution is 7.85. The predicted molar refractivity (Wildman–Crippen MR) is 238 cm³/mol. The van der Waals surface area contributed by atoms with Crippen LogP contribution in [0.15, 0.2) is 24.3 Å². The Morgan fingerprint density at radius 3 is 1.40 bits per heavy atom. The van der Waals surface area contributed by atoms with E-state index < -0.39 is 71.2 Å². The number of hydrogen-bond donors (Lipinski definition) is 4. The normalized spacial score (nSPS) is 20.3. The molecule has 0 aromatic heterocycles. The van der Waals surface area contributed by atoms with E-state index in [9.17, 15) is 37.9 Å². The van der Waals surface area contributed by atoms with E-state index in [1.54, 1.807) is 0 Å². The molecule has 4 N–H and O–H groups in total. The molecule has 0 saturated carbocycles. The third kappa shape index (κ3) is 31.9. The first-order valence-electron chi connectivity index (χ1n) is 23.9. The van der Waals surface area contributed by atoms with Gasteiger partial charge in [0.25, 0.3) is 10.1 Å². The molecule has 1 aliphatic rings. The van der Waals surface area contributed by atoms with E-state index in [2.05, 4.69) is 38.2 Å². The van der Waals surface area contributed by atoms with Crippen molar-refractivity contribution in [3.8, 4) is 0 Å². The van der Waals surface area contributed by atoms with Crippen molar-refractivity contribution < 1.29 is 56.8 Å². The molecule has 12 nitrogen and oxygen atoms in total. The van der Waals surface area contributed by atoms with Crippen LogP contribution in [0.25, 0.3) is 0 Å². The van der Waals surface area contributed by atoms with E-state index in [1.807, 2.05) is 0 Å². The minimum Gasteiger partial charge on any atom is -0.462 e. The number of carbonyl (C=O) groups is 2. The number of ether oxygens (including phenoxy) is 4. The fourth-order valence-corrected chi connectivity index (χ4v) is 7.95. The standard InChI is InChI=1S/C47H86O12S/c1-3-5-7-9-11-13-15-17-18-19-20-21-22-24-25-27-29-31-33-35-42(48)56-37-40(38-57-47-46(52)45(51)44(50)41(59-47)39-60(53,54)55)58-43(49)36-34-32-30-28-26-23-16-14-12-10-8-6-4-2/h14,16-18,40-41,44-47,50-52H,3-13,15,19-39H2,1-2H3,(H,53,54,55)/b16-14+,18-17+/t40-,41-,44-,45?,46?,47+/m1/s1. The van der Waals surface area contributed by atoms with Crippen molar-refractivity contribution in [2.45, 2.75) is 243 Å². The van der Waals surface area contributed by atoms with Crippen molar-refractivity contribution in [3.63, 3.8) is 0 Å². The molecule has 2 unspecified atom stereocenters. The second kappa shape index (κ2) is 37.7. The molecule has 0 aromatic rings. The molecule has 6 atom stereocenters. The Hall–Kier alpha value is -1.87. The van der Waals surface area contributed by atoms with Crippen LogP contribution < -0.4 is 0 Å². The van der Waals surface area contributed by atoms with Crippen molar-refractivity contribution >= 4 is 22.1 Å². The summed E-state index contributed by atoms with van der Waals surface area (Å²) < 4.78 is 54.1. The summed E-state index contributed by atoms with van der Waals surface area (Å²) in [5, 5.41) is 30.9. The average Bonchev–Trinajstić information content (AvgIpc) is 3.21. The van der Waals surface area contributed by atoms with Crippen molar-refractivity contribution in [3.05, 3.63) is 24.3 Å². The molecule has 0 aromatic carbocycles. The summed E-state index contributed by atoms with van der Waals surface area (Å²) in [7, 11) is -4.60. The van der Waals surface area contributed by atoms with Gasteiger partial charge in [-0.15, -0.1) is 0 Å². The average molecular weight is 875 g/mol. The number of rotatable bonds is 40. The van der Waals surface area contributed by atoms with Crippen LogP contribution in [-0.2, 0) is 38.7 Å². The third-order valence-corrected chi connectivity index (χ3v) is 11.8. The maximum Gasteiger partial charge on any atom is 0.306 e. The van der Waals surface area contributed by atoms with E-state index >= 15 is 0 Å². The van der Waals surface area contributed by atoms with Crippen LogP contribution in [0.2, 0.25) is 0 Å². The van der Waals surface area contributed by atoms with Gasteiger partial charge in [0, 0.05) is 12.8 Å². The fraction of sp³-hybridized carbons (Fsp3) is 0.872. The minimum absolute atomic E-state index is 0.155. The van der Waals surface area contributed by atoms with Gasteiger partial charge in [-0.2, -0.15) is 8.42 Å². The Kier molecular flexibility index (Phi) is 35.2. The van der Waals surface area contributed by atoms with Gasteiger partial charge in [-0.05, 0) is 64.2 Å². The summed E-state index contributed by atoms with van der Waals surface area (Å²) in [5.74, 6) is -1.99. The number of aliphatic hydroxyl groups excluding tert-OH is 3. The van der Waals surface area contributed by atoms with Gasteiger partial charge in [0.1, 0.15) is 36.8 Å². The number of aliphatic hydroxyl groups is 3. The number of hydrogen-bond acceptors (Lipinski definition) is 11. The van der Waals surface area contributed by atoms with Gasteiger partial charge < -0.3 is 34.3 Å². The lowest BCUT2D eigenvalue weighted by atomic mass is 10.00. The lowest BCUT2D eigenvalue weighted by Crippen LogP contribution is -2.60. The molecule has 60 heavy (non-hydrogen) atoms. The van der Waals surface area contributed by atoms with Gasteiger partial charge in [0.15, 0.2) is 12.4 Å². The number of allylic oxidation sites excluding steroid dienone is 4. The molecule has 13 heteroatoms. The molecule has 0 aliphatic carbocycles. The van der Waals surface area contributed by atoms with Crippen LogP contribution in [0.3, 0.4) is 0 Å². The Balaban J connectivity index is 2.40. The van der Waals surface area contributed by atoms with E-state index in [0.29, 0.717) is 12.8 Å². The van der Waals surface area contributed by atoms with Gasteiger partial charge >= 0.3 is 11.9 Å². The first-order valence-corrected chi connectivity index (χ1v) is 25.5. The first-order chi connectivity index (χ1) is 29.0. The zero-order chi connectivity index (χ0) is 44.1. The quantitative estimate of drug-likeness (QED) is 0.0198. The lowest BCUT2D eigenvalue weighted by Gasteiger charge is -2.40. The van der Waals surface area contributed by atoms with Gasteiger partial charge in [0.2, 0.25) is 0 Å². The molecule has 0 bridgehead atoms. The van der Waals surface area contributed by atoms with Crippen LogP contribution in [0.5, 0.6) is 0 Å². The minimum atomic E-state index is -4.60. The Morgan fingerprint density at radius 1 is 0.550 bits per heavy atom.